The first-order chi connectivity index (χ1) is 13.5. The fourth-order valence-corrected chi connectivity index (χ4v) is 3.12. The summed E-state index contributed by atoms with van der Waals surface area (Å²) in [4.78, 5) is 18.5. The van der Waals surface area contributed by atoms with Gasteiger partial charge in [-0.05, 0) is 36.8 Å². The maximum Gasteiger partial charge on any atom is 0.414 e. The molecule has 28 heavy (non-hydrogen) atoms. The zero-order valence-electron chi connectivity index (χ0n) is 15.4. The monoisotopic (exact) mass is 405 g/mol. The molecule has 1 atom stereocenters. The molecule has 0 radical (unpaired) electrons. The van der Waals surface area contributed by atoms with E-state index in [-0.39, 0.29) is 12.8 Å². The van der Waals surface area contributed by atoms with Crippen molar-refractivity contribution in [2.24, 2.45) is 5.10 Å². The van der Waals surface area contributed by atoms with E-state index < -0.39 is 11.9 Å². The van der Waals surface area contributed by atoms with Crippen LogP contribution in [0.2, 0.25) is 0 Å². The van der Waals surface area contributed by atoms with Gasteiger partial charge in [0.25, 0.3) is 0 Å². The van der Waals surface area contributed by atoms with Crippen molar-refractivity contribution in [2.75, 3.05) is 43.2 Å². The van der Waals surface area contributed by atoms with E-state index in [4.69, 9.17) is 28.3 Å². The Morgan fingerprint density at radius 2 is 2.32 bits per heavy atom. The van der Waals surface area contributed by atoms with Gasteiger partial charge in [-0.15, -0.1) is 0 Å². The minimum atomic E-state index is -0.505. The summed E-state index contributed by atoms with van der Waals surface area (Å²) in [7, 11) is 1.51. The number of thiocarbonyl (C=S) groups is 1. The van der Waals surface area contributed by atoms with Crippen LogP contribution < -0.4 is 9.80 Å². The van der Waals surface area contributed by atoms with Crippen LogP contribution in [0.1, 0.15) is 12.8 Å². The van der Waals surface area contributed by atoms with Crippen LogP contribution in [0.25, 0.3) is 4.85 Å². The predicted octanol–water partition coefficient (Wildman–Crippen LogP) is 2.85. The average Bonchev–Trinajstić information content (AvgIpc) is 3.07. The summed E-state index contributed by atoms with van der Waals surface area (Å²) in [5.74, 6) is -0.459. The number of amides is 1. The fraction of sp³-hybridized carbons (Fsp3) is 0.444. The van der Waals surface area contributed by atoms with Crippen molar-refractivity contribution >= 4 is 41.1 Å². The van der Waals surface area contributed by atoms with Crippen LogP contribution in [0.5, 0.6) is 0 Å². The second-order valence-corrected chi connectivity index (χ2v) is 6.78. The van der Waals surface area contributed by atoms with Crippen molar-refractivity contribution in [3.63, 3.8) is 0 Å². The molecule has 2 heterocycles. The van der Waals surface area contributed by atoms with Crippen LogP contribution >= 0.6 is 12.2 Å². The van der Waals surface area contributed by atoms with Crippen LogP contribution in [0.3, 0.4) is 0 Å². The van der Waals surface area contributed by atoms with Crippen LogP contribution in [-0.2, 0) is 9.47 Å². The Morgan fingerprint density at radius 1 is 1.50 bits per heavy atom. The molecule has 148 valence electrons. The van der Waals surface area contributed by atoms with Gasteiger partial charge < -0.3 is 14.4 Å². The number of rotatable bonds is 6. The van der Waals surface area contributed by atoms with Gasteiger partial charge in [0.15, 0.2) is 5.05 Å². The molecule has 1 saturated heterocycles. The quantitative estimate of drug-likeness (QED) is 0.536. The molecule has 0 N–H and O–H groups in total. The van der Waals surface area contributed by atoms with Crippen molar-refractivity contribution in [3.05, 3.63) is 35.4 Å². The SMILES string of the molecule is [C-]#[N+]CN1CCN(c2ccc(N3C[C@H](CCC(=S)OC)OC3=O)cc2F)C=N1. The second-order valence-electron chi connectivity index (χ2n) is 6.32. The Kier molecular flexibility index (Phi) is 6.26. The minimum Gasteiger partial charge on any atom is -0.490 e. The van der Waals surface area contributed by atoms with E-state index in [1.165, 1.54) is 24.4 Å². The van der Waals surface area contributed by atoms with Gasteiger partial charge in [-0.2, -0.15) is 5.10 Å². The molecule has 2 aliphatic rings. The Balaban J connectivity index is 1.66. The van der Waals surface area contributed by atoms with E-state index in [9.17, 15) is 9.18 Å². The molecule has 0 spiro atoms. The maximum atomic E-state index is 14.7. The number of hydrazone groups is 1. The Bertz CT molecular complexity index is 828. The van der Waals surface area contributed by atoms with E-state index in [0.717, 1.165) is 0 Å². The van der Waals surface area contributed by atoms with E-state index in [1.54, 1.807) is 22.0 Å². The summed E-state index contributed by atoms with van der Waals surface area (Å²) < 4.78 is 25.0. The molecule has 0 bridgehead atoms. The zero-order chi connectivity index (χ0) is 20.1. The van der Waals surface area contributed by atoms with Crippen molar-refractivity contribution in [2.45, 2.75) is 18.9 Å². The van der Waals surface area contributed by atoms with Gasteiger partial charge in [0.1, 0.15) is 18.3 Å². The summed E-state index contributed by atoms with van der Waals surface area (Å²) in [5.41, 5.74) is 0.802. The molecular weight excluding hydrogens is 385 g/mol. The third kappa shape index (κ3) is 4.48. The Labute approximate surface area is 167 Å². The molecule has 1 amide bonds. The normalized spacial score (nSPS) is 18.8. The molecule has 0 aromatic heterocycles. The largest absolute Gasteiger partial charge is 0.490 e. The number of hydrogen-bond donors (Lipinski definition) is 0. The Hall–Kier alpha value is -2.93. The van der Waals surface area contributed by atoms with Gasteiger partial charge in [0.05, 0.1) is 31.6 Å². The van der Waals surface area contributed by atoms with Gasteiger partial charge in [0.2, 0.25) is 0 Å². The highest BCUT2D eigenvalue weighted by Crippen LogP contribution is 2.29. The van der Waals surface area contributed by atoms with Crippen molar-refractivity contribution in [1.29, 1.82) is 0 Å². The number of ether oxygens (including phenoxy) is 2. The van der Waals surface area contributed by atoms with Crippen molar-refractivity contribution < 1.29 is 18.7 Å². The standard InChI is InChI=1S/C18H20FN5O3S/c1-20-11-23-8-7-22(12-21-23)16-5-3-13(9-15(16)19)24-10-14(27-18(24)25)4-6-17(28)26-2/h3,5,9,12,14H,4,6-8,10-11H2,2H3/t14-/m0/s1. The minimum absolute atomic E-state index is 0.180. The summed E-state index contributed by atoms with van der Waals surface area (Å²) in [6, 6.07) is 4.61. The van der Waals surface area contributed by atoms with Crippen molar-refractivity contribution in [3.8, 4) is 0 Å². The number of hydrogen-bond acceptors (Lipinski definition) is 7. The number of carbonyl (C=O) groups excluding carboxylic acids is 1. The molecule has 10 heteroatoms. The zero-order valence-corrected chi connectivity index (χ0v) is 16.2. The van der Waals surface area contributed by atoms with Gasteiger partial charge in [-0.25, -0.2) is 20.8 Å². The lowest BCUT2D eigenvalue weighted by molar-refractivity contribution is 0.137. The average molecular weight is 405 g/mol. The number of cyclic esters (lactones) is 1. The van der Waals surface area contributed by atoms with E-state index in [1.807, 2.05) is 0 Å². The second kappa shape index (κ2) is 8.84. The lowest BCUT2D eigenvalue weighted by Gasteiger charge is -2.27. The molecule has 8 nitrogen and oxygen atoms in total. The number of anilines is 2. The summed E-state index contributed by atoms with van der Waals surface area (Å²) in [6.45, 7) is 8.42. The van der Waals surface area contributed by atoms with Gasteiger partial charge in [-0.1, -0.05) is 0 Å². The molecule has 3 rings (SSSR count). The van der Waals surface area contributed by atoms with Crippen LogP contribution in [0.4, 0.5) is 20.6 Å². The number of benzene rings is 1. The van der Waals surface area contributed by atoms with Crippen LogP contribution in [0.15, 0.2) is 23.3 Å². The lowest BCUT2D eigenvalue weighted by atomic mass is 10.2. The van der Waals surface area contributed by atoms with E-state index in [0.29, 0.717) is 48.9 Å². The molecule has 2 aliphatic heterocycles. The van der Waals surface area contributed by atoms with Gasteiger partial charge in [0, 0.05) is 13.0 Å². The molecule has 1 fully saturated rings. The summed E-state index contributed by atoms with van der Waals surface area (Å²) in [5, 5.41) is 6.21. The molecular formula is C18H20FN5O3S. The van der Waals surface area contributed by atoms with Crippen molar-refractivity contribution in [1.82, 2.24) is 5.01 Å². The number of nitrogens with zero attached hydrogens (tertiary/aromatic N) is 5. The van der Waals surface area contributed by atoms with Gasteiger partial charge >= 0.3 is 12.8 Å². The maximum absolute atomic E-state index is 14.7. The first kappa shape index (κ1) is 19.8. The topological polar surface area (TPSA) is 62.0 Å². The van der Waals surface area contributed by atoms with Crippen LogP contribution in [0, 0.1) is 12.4 Å². The molecule has 0 unspecified atom stereocenters. The lowest BCUT2D eigenvalue weighted by Crippen LogP contribution is -2.38. The van der Waals surface area contributed by atoms with E-state index in [2.05, 4.69) is 9.95 Å². The highest BCUT2D eigenvalue weighted by molar-refractivity contribution is 7.80. The highest BCUT2D eigenvalue weighted by Gasteiger charge is 2.33. The summed E-state index contributed by atoms with van der Waals surface area (Å²) >= 11 is 5.00. The number of methoxy groups -OCH3 is 1. The Morgan fingerprint density at radius 3 is 2.96 bits per heavy atom. The third-order valence-electron chi connectivity index (χ3n) is 4.51. The molecule has 0 aliphatic carbocycles. The molecule has 0 saturated carbocycles. The van der Waals surface area contributed by atoms with Gasteiger partial charge in [-0.3, -0.25) is 9.74 Å². The highest BCUT2D eigenvalue weighted by atomic mass is 32.1. The molecule has 1 aromatic rings. The first-order valence-corrected chi connectivity index (χ1v) is 9.16. The fourth-order valence-electron chi connectivity index (χ4n) is 3.01. The third-order valence-corrected chi connectivity index (χ3v) is 4.88. The molecule has 1 aromatic carbocycles. The van der Waals surface area contributed by atoms with E-state index >= 15 is 0 Å². The predicted molar refractivity (Wildman–Crippen MR) is 107 cm³/mol. The van der Waals surface area contributed by atoms with Crippen LogP contribution in [-0.4, -0.2) is 62.0 Å². The number of halogens is 1. The summed E-state index contributed by atoms with van der Waals surface area (Å²) in [6.07, 6.45) is 1.76. The first-order valence-electron chi connectivity index (χ1n) is 8.75. The number of carbonyl (C=O) groups is 1. The smallest absolute Gasteiger partial charge is 0.414 e.